The van der Waals surface area contributed by atoms with Crippen molar-refractivity contribution in [1.29, 1.82) is 0 Å². The molecule has 0 saturated carbocycles. The fourth-order valence-corrected chi connectivity index (χ4v) is 2.87. The summed E-state index contributed by atoms with van der Waals surface area (Å²) >= 11 is 0. The number of methoxy groups -OCH3 is 1. The molecule has 3 rings (SSSR count). The van der Waals surface area contributed by atoms with Gasteiger partial charge in [-0.2, -0.15) is 13.2 Å². The zero-order valence-corrected chi connectivity index (χ0v) is 15.6. The van der Waals surface area contributed by atoms with Gasteiger partial charge >= 0.3 is 6.18 Å². The Kier molecular flexibility index (Phi) is 5.72. The van der Waals surface area contributed by atoms with Crippen molar-refractivity contribution >= 4 is 17.3 Å². The number of non-ortho nitro benzene ring substituents is 1. The first-order valence-electron chi connectivity index (χ1n) is 8.61. The number of amides is 1. The van der Waals surface area contributed by atoms with E-state index >= 15 is 0 Å². The number of ether oxygens (including phenoxy) is 1. The maximum absolute atomic E-state index is 12.9. The van der Waals surface area contributed by atoms with Gasteiger partial charge in [0.05, 0.1) is 23.3 Å². The Balaban J connectivity index is 1.96. The van der Waals surface area contributed by atoms with Crippen molar-refractivity contribution in [2.75, 3.05) is 12.4 Å². The van der Waals surface area contributed by atoms with Crippen LogP contribution in [0.25, 0.3) is 11.1 Å². The van der Waals surface area contributed by atoms with Gasteiger partial charge in [0.15, 0.2) is 0 Å². The molecule has 0 bridgehead atoms. The fraction of sp³-hybridized carbons (Fsp3) is 0.0952. The van der Waals surface area contributed by atoms with Gasteiger partial charge in [-0.3, -0.25) is 14.9 Å². The third kappa shape index (κ3) is 4.40. The monoisotopic (exact) mass is 416 g/mol. The standard InChI is InChI=1S/C21H15F3N2O4/c1-30-19-11-10-15(26(28)29)12-18(19)25-20(27)17-5-3-2-4-16(17)13-6-8-14(9-7-13)21(22,23)24/h2-12H,1H3,(H,25,27). The predicted molar refractivity (Wildman–Crippen MR) is 104 cm³/mol. The Bertz CT molecular complexity index is 1100. The number of hydrogen-bond donors (Lipinski definition) is 1. The molecule has 1 N–H and O–H groups in total. The van der Waals surface area contributed by atoms with Crippen LogP contribution in [-0.2, 0) is 6.18 Å². The van der Waals surface area contributed by atoms with Crippen LogP contribution < -0.4 is 10.1 Å². The molecule has 3 aromatic rings. The topological polar surface area (TPSA) is 81.5 Å². The van der Waals surface area contributed by atoms with Crippen molar-refractivity contribution in [1.82, 2.24) is 0 Å². The Morgan fingerprint density at radius 2 is 1.70 bits per heavy atom. The first-order chi connectivity index (χ1) is 14.2. The number of nitro groups is 1. The summed E-state index contributed by atoms with van der Waals surface area (Å²) in [6, 6.07) is 14.6. The van der Waals surface area contributed by atoms with Crippen molar-refractivity contribution in [2.24, 2.45) is 0 Å². The first kappa shape index (κ1) is 20.8. The summed E-state index contributed by atoms with van der Waals surface area (Å²) in [4.78, 5) is 23.3. The molecule has 0 radical (unpaired) electrons. The fourth-order valence-electron chi connectivity index (χ4n) is 2.87. The summed E-state index contributed by atoms with van der Waals surface area (Å²) in [6.07, 6.45) is -4.46. The quantitative estimate of drug-likeness (QED) is 0.437. The molecule has 0 atom stereocenters. The molecule has 0 heterocycles. The molecule has 0 fully saturated rings. The molecule has 6 nitrogen and oxygen atoms in total. The lowest BCUT2D eigenvalue weighted by molar-refractivity contribution is -0.384. The van der Waals surface area contributed by atoms with Gasteiger partial charge in [0.25, 0.3) is 11.6 Å². The van der Waals surface area contributed by atoms with Crippen molar-refractivity contribution in [3.05, 3.63) is 88.0 Å². The molecule has 0 spiro atoms. The Morgan fingerprint density at radius 1 is 1.03 bits per heavy atom. The number of nitrogens with zero attached hydrogens (tertiary/aromatic N) is 1. The zero-order valence-electron chi connectivity index (χ0n) is 15.6. The third-order valence-electron chi connectivity index (χ3n) is 4.34. The molecule has 1 amide bonds. The van der Waals surface area contributed by atoms with Crippen molar-refractivity contribution in [3.8, 4) is 16.9 Å². The van der Waals surface area contributed by atoms with Crippen molar-refractivity contribution in [2.45, 2.75) is 6.18 Å². The lowest BCUT2D eigenvalue weighted by Gasteiger charge is -2.13. The summed E-state index contributed by atoms with van der Waals surface area (Å²) < 4.78 is 43.6. The predicted octanol–water partition coefficient (Wildman–Crippen LogP) is 5.54. The molecule has 0 aliphatic carbocycles. The second-order valence-corrected chi connectivity index (χ2v) is 6.22. The number of rotatable bonds is 5. The van der Waals surface area contributed by atoms with Gasteiger partial charge in [0.2, 0.25) is 0 Å². The van der Waals surface area contributed by atoms with Gasteiger partial charge in [-0.25, -0.2) is 0 Å². The average Bonchev–Trinajstić information content (AvgIpc) is 2.73. The first-order valence-corrected chi connectivity index (χ1v) is 8.61. The number of hydrogen-bond acceptors (Lipinski definition) is 4. The van der Waals surface area contributed by atoms with Crippen LogP contribution in [0.4, 0.5) is 24.5 Å². The van der Waals surface area contributed by atoms with Gasteiger partial charge < -0.3 is 10.1 Å². The largest absolute Gasteiger partial charge is 0.495 e. The number of halogens is 3. The van der Waals surface area contributed by atoms with E-state index in [0.29, 0.717) is 11.1 Å². The minimum atomic E-state index is -4.46. The van der Waals surface area contributed by atoms with Gasteiger partial charge in [0, 0.05) is 17.7 Å². The normalized spacial score (nSPS) is 11.1. The van der Waals surface area contributed by atoms with Crippen LogP contribution in [-0.4, -0.2) is 17.9 Å². The summed E-state index contributed by atoms with van der Waals surface area (Å²) in [5.41, 5.74) is 0.0780. The lowest BCUT2D eigenvalue weighted by Crippen LogP contribution is -2.14. The molecule has 30 heavy (non-hydrogen) atoms. The minimum absolute atomic E-state index is 0.0962. The van der Waals surface area contributed by atoms with E-state index in [2.05, 4.69) is 5.32 Å². The molecule has 0 aliphatic rings. The molecular weight excluding hydrogens is 401 g/mol. The molecule has 0 unspecified atom stereocenters. The average molecular weight is 416 g/mol. The molecule has 0 aliphatic heterocycles. The van der Waals surface area contributed by atoms with Crippen LogP contribution in [0.5, 0.6) is 5.75 Å². The number of nitrogens with one attached hydrogen (secondary N) is 1. The van der Waals surface area contributed by atoms with Gasteiger partial charge in [0.1, 0.15) is 5.75 Å². The second-order valence-electron chi connectivity index (χ2n) is 6.22. The maximum atomic E-state index is 12.9. The highest BCUT2D eigenvalue weighted by atomic mass is 19.4. The summed E-state index contributed by atoms with van der Waals surface area (Å²) in [5.74, 6) is -0.370. The van der Waals surface area contributed by atoms with Gasteiger partial charge in [-0.1, -0.05) is 30.3 Å². The van der Waals surface area contributed by atoms with E-state index in [0.717, 1.165) is 18.2 Å². The van der Waals surface area contributed by atoms with Crippen molar-refractivity contribution in [3.63, 3.8) is 0 Å². The number of alkyl halides is 3. The summed E-state index contributed by atoms with van der Waals surface area (Å²) in [6.45, 7) is 0. The Hall–Kier alpha value is -3.88. The Labute approximate surface area is 169 Å². The van der Waals surface area contributed by atoms with Crippen LogP contribution in [0.1, 0.15) is 15.9 Å². The van der Waals surface area contributed by atoms with Gasteiger partial charge in [-0.15, -0.1) is 0 Å². The van der Waals surface area contributed by atoms with E-state index in [1.165, 1.54) is 37.4 Å². The van der Waals surface area contributed by atoms with Crippen molar-refractivity contribution < 1.29 is 27.6 Å². The molecule has 0 aromatic heterocycles. The van der Waals surface area contributed by atoms with Crippen LogP contribution >= 0.6 is 0 Å². The van der Waals surface area contributed by atoms with E-state index in [1.54, 1.807) is 18.2 Å². The number of anilines is 1. The van der Waals surface area contributed by atoms with E-state index in [1.807, 2.05) is 0 Å². The molecule has 0 saturated heterocycles. The molecule has 154 valence electrons. The number of benzene rings is 3. The van der Waals surface area contributed by atoms with Crippen LogP contribution in [0.2, 0.25) is 0 Å². The third-order valence-corrected chi connectivity index (χ3v) is 4.34. The summed E-state index contributed by atoms with van der Waals surface area (Å²) in [7, 11) is 1.35. The number of carbonyl (C=O) groups excluding carboxylic acids is 1. The SMILES string of the molecule is COc1ccc([N+](=O)[O-])cc1NC(=O)c1ccccc1-c1ccc(C(F)(F)F)cc1. The number of carbonyl (C=O) groups is 1. The summed E-state index contributed by atoms with van der Waals surface area (Å²) in [5, 5.41) is 13.6. The molecular formula is C21H15F3N2O4. The number of nitro benzene ring substituents is 1. The highest BCUT2D eigenvalue weighted by Gasteiger charge is 2.30. The van der Waals surface area contributed by atoms with E-state index < -0.39 is 22.6 Å². The van der Waals surface area contributed by atoms with E-state index in [9.17, 15) is 28.1 Å². The zero-order chi connectivity index (χ0) is 21.9. The van der Waals surface area contributed by atoms with E-state index in [-0.39, 0.29) is 22.7 Å². The maximum Gasteiger partial charge on any atom is 0.416 e. The van der Waals surface area contributed by atoms with Crippen LogP contribution in [0.3, 0.4) is 0 Å². The minimum Gasteiger partial charge on any atom is -0.495 e. The highest BCUT2D eigenvalue weighted by Crippen LogP contribution is 2.33. The van der Waals surface area contributed by atoms with Crippen LogP contribution in [0.15, 0.2) is 66.7 Å². The molecule has 9 heteroatoms. The second kappa shape index (κ2) is 8.24. The molecule has 3 aromatic carbocycles. The highest BCUT2D eigenvalue weighted by molar-refractivity contribution is 6.09. The van der Waals surface area contributed by atoms with Crippen LogP contribution in [0, 0.1) is 10.1 Å². The smallest absolute Gasteiger partial charge is 0.416 e. The lowest BCUT2D eigenvalue weighted by atomic mass is 9.98. The van der Waals surface area contributed by atoms with Gasteiger partial charge in [-0.05, 0) is 35.4 Å². The van der Waals surface area contributed by atoms with E-state index in [4.69, 9.17) is 4.74 Å². The Morgan fingerprint density at radius 3 is 2.30 bits per heavy atom.